The second kappa shape index (κ2) is 6.01. The smallest absolute Gasteiger partial charge is 0.146 e. The van der Waals surface area contributed by atoms with Crippen LogP contribution in [0.1, 0.15) is 38.9 Å². The maximum absolute atomic E-state index is 11.8. The van der Waals surface area contributed by atoms with Crippen LogP contribution < -0.4 is 0 Å². The van der Waals surface area contributed by atoms with Gasteiger partial charge in [-0.15, -0.1) is 11.8 Å². The molecule has 0 spiro atoms. The van der Waals surface area contributed by atoms with Crippen molar-refractivity contribution in [3.8, 4) is 0 Å². The highest BCUT2D eigenvalue weighted by molar-refractivity contribution is 8.00. The summed E-state index contributed by atoms with van der Waals surface area (Å²) in [4.78, 5) is 12.8. The van der Waals surface area contributed by atoms with E-state index in [1.807, 2.05) is 19.9 Å². The topological polar surface area (TPSA) is 30.2 Å². The van der Waals surface area contributed by atoms with Gasteiger partial charge in [0, 0.05) is 11.3 Å². The summed E-state index contributed by atoms with van der Waals surface area (Å²) in [6.45, 7) is 6.03. The van der Waals surface area contributed by atoms with Gasteiger partial charge in [0.2, 0.25) is 0 Å². The first-order valence-corrected chi connectivity index (χ1v) is 6.30. The Bertz CT molecular complexity index is 317. The summed E-state index contributed by atoms with van der Waals surface area (Å²) in [6, 6.07) is 1.93. The zero-order chi connectivity index (χ0) is 11.3. The van der Waals surface area contributed by atoms with E-state index in [0.717, 1.165) is 23.5 Å². The van der Waals surface area contributed by atoms with Gasteiger partial charge in [-0.2, -0.15) is 0 Å². The van der Waals surface area contributed by atoms with Crippen LogP contribution in [0.2, 0.25) is 0 Å². The van der Waals surface area contributed by atoms with Gasteiger partial charge in [-0.25, -0.2) is 0 Å². The van der Waals surface area contributed by atoms with Gasteiger partial charge < -0.3 is 4.42 Å². The first kappa shape index (κ1) is 12.4. The van der Waals surface area contributed by atoms with E-state index in [4.69, 9.17) is 4.42 Å². The molecule has 2 nitrogen and oxygen atoms in total. The van der Waals surface area contributed by atoms with E-state index < -0.39 is 0 Å². The minimum absolute atomic E-state index is 0.0845. The Morgan fingerprint density at radius 3 is 2.73 bits per heavy atom. The van der Waals surface area contributed by atoms with Crippen LogP contribution in [0.3, 0.4) is 0 Å². The summed E-state index contributed by atoms with van der Waals surface area (Å²) in [7, 11) is 0. The zero-order valence-corrected chi connectivity index (χ0v) is 10.4. The molecule has 84 valence electrons. The Morgan fingerprint density at radius 2 is 2.27 bits per heavy atom. The number of aryl methyl sites for hydroxylation is 1. The molecule has 0 radical (unpaired) electrons. The van der Waals surface area contributed by atoms with Crippen LogP contribution in [-0.2, 0) is 4.79 Å². The Labute approximate surface area is 95.4 Å². The lowest BCUT2D eigenvalue weighted by Crippen LogP contribution is -2.15. The number of ketones is 1. The van der Waals surface area contributed by atoms with Crippen molar-refractivity contribution in [3.05, 3.63) is 18.1 Å². The molecule has 1 atom stereocenters. The molecule has 0 unspecified atom stereocenters. The molecule has 1 aromatic heterocycles. The lowest BCUT2D eigenvalue weighted by Gasteiger charge is -2.11. The van der Waals surface area contributed by atoms with Gasteiger partial charge in [-0.1, -0.05) is 13.8 Å². The third kappa shape index (κ3) is 3.42. The van der Waals surface area contributed by atoms with E-state index >= 15 is 0 Å². The average molecular weight is 226 g/mol. The fraction of sp³-hybridized carbons (Fsp3) is 0.583. The van der Waals surface area contributed by atoms with E-state index in [9.17, 15) is 4.79 Å². The summed E-state index contributed by atoms with van der Waals surface area (Å²) in [5, 5.41) is 0.0845. The van der Waals surface area contributed by atoms with E-state index in [-0.39, 0.29) is 5.25 Å². The molecule has 0 aliphatic rings. The fourth-order valence-corrected chi connectivity index (χ4v) is 2.50. The molecular formula is C12H18O2S. The van der Waals surface area contributed by atoms with Crippen molar-refractivity contribution in [2.75, 3.05) is 0 Å². The van der Waals surface area contributed by atoms with E-state index in [1.54, 1.807) is 18.0 Å². The molecule has 0 saturated carbocycles. The first-order valence-electron chi connectivity index (χ1n) is 5.42. The standard InChI is InChI=1S/C12H18O2S/c1-4-6-10(13)11(5-2)15-12-7-8-14-9(12)3/h7-8,11H,4-6H2,1-3H3/t11-/m1/s1. The number of furan rings is 1. The van der Waals surface area contributed by atoms with Gasteiger partial charge in [0.25, 0.3) is 0 Å². The Morgan fingerprint density at radius 1 is 1.53 bits per heavy atom. The predicted molar refractivity (Wildman–Crippen MR) is 63.3 cm³/mol. The number of hydrogen-bond donors (Lipinski definition) is 0. The molecular weight excluding hydrogens is 208 g/mol. The minimum Gasteiger partial charge on any atom is -0.468 e. The molecule has 15 heavy (non-hydrogen) atoms. The Balaban J connectivity index is 2.61. The summed E-state index contributed by atoms with van der Waals surface area (Å²) >= 11 is 1.63. The number of thioether (sulfide) groups is 1. The summed E-state index contributed by atoms with van der Waals surface area (Å²) in [6.07, 6.45) is 4.17. The van der Waals surface area contributed by atoms with Crippen molar-refractivity contribution in [3.63, 3.8) is 0 Å². The summed E-state index contributed by atoms with van der Waals surface area (Å²) in [5.74, 6) is 1.26. The second-order valence-electron chi connectivity index (χ2n) is 3.57. The monoisotopic (exact) mass is 226 g/mol. The molecule has 1 heterocycles. The van der Waals surface area contributed by atoms with Crippen molar-refractivity contribution in [2.24, 2.45) is 0 Å². The van der Waals surface area contributed by atoms with Gasteiger partial charge in [-0.05, 0) is 25.8 Å². The Kier molecular flexibility index (Phi) is 4.95. The predicted octanol–water partition coefficient (Wildman–Crippen LogP) is 3.83. The van der Waals surface area contributed by atoms with Crippen LogP contribution in [0.5, 0.6) is 0 Å². The van der Waals surface area contributed by atoms with Crippen molar-refractivity contribution in [2.45, 2.75) is 50.2 Å². The van der Waals surface area contributed by atoms with Gasteiger partial charge in [0.15, 0.2) is 0 Å². The fourth-order valence-electron chi connectivity index (χ4n) is 1.43. The van der Waals surface area contributed by atoms with Crippen molar-refractivity contribution < 1.29 is 9.21 Å². The zero-order valence-electron chi connectivity index (χ0n) is 9.58. The van der Waals surface area contributed by atoms with Crippen LogP contribution >= 0.6 is 11.8 Å². The molecule has 0 N–H and O–H groups in total. The SMILES string of the molecule is CCCC(=O)[C@@H](CC)Sc1ccoc1C. The molecule has 0 aromatic carbocycles. The number of Topliss-reactive ketones (excluding diaryl/α,β-unsaturated/α-hetero) is 1. The molecule has 3 heteroatoms. The molecule has 0 aliphatic heterocycles. The highest BCUT2D eigenvalue weighted by Crippen LogP contribution is 2.30. The minimum atomic E-state index is 0.0845. The van der Waals surface area contributed by atoms with Gasteiger partial charge >= 0.3 is 0 Å². The third-order valence-corrected chi connectivity index (χ3v) is 3.86. The van der Waals surface area contributed by atoms with Gasteiger partial charge in [0.1, 0.15) is 11.5 Å². The van der Waals surface area contributed by atoms with E-state index in [2.05, 4.69) is 6.92 Å². The molecule has 0 amide bonds. The highest BCUT2D eigenvalue weighted by atomic mass is 32.2. The molecule has 0 saturated heterocycles. The lowest BCUT2D eigenvalue weighted by molar-refractivity contribution is -0.118. The van der Waals surface area contributed by atoms with Crippen LogP contribution in [0.15, 0.2) is 21.6 Å². The summed E-state index contributed by atoms with van der Waals surface area (Å²) < 4.78 is 5.22. The number of rotatable bonds is 6. The second-order valence-corrected chi connectivity index (χ2v) is 4.82. The van der Waals surface area contributed by atoms with Crippen LogP contribution in [0.4, 0.5) is 0 Å². The molecule has 1 rings (SSSR count). The van der Waals surface area contributed by atoms with Gasteiger partial charge in [0.05, 0.1) is 11.5 Å². The maximum Gasteiger partial charge on any atom is 0.146 e. The molecule has 0 aliphatic carbocycles. The Hall–Kier alpha value is -0.700. The first-order chi connectivity index (χ1) is 7.19. The third-order valence-electron chi connectivity index (χ3n) is 2.31. The number of carbonyl (C=O) groups is 1. The summed E-state index contributed by atoms with van der Waals surface area (Å²) in [5.41, 5.74) is 0. The van der Waals surface area contributed by atoms with Crippen LogP contribution in [0, 0.1) is 6.92 Å². The van der Waals surface area contributed by atoms with E-state index in [0.29, 0.717) is 12.2 Å². The average Bonchev–Trinajstić information content (AvgIpc) is 2.61. The largest absolute Gasteiger partial charge is 0.468 e. The maximum atomic E-state index is 11.8. The number of hydrogen-bond acceptors (Lipinski definition) is 3. The molecule has 0 bridgehead atoms. The normalized spacial score (nSPS) is 12.7. The van der Waals surface area contributed by atoms with Crippen molar-refractivity contribution in [1.82, 2.24) is 0 Å². The van der Waals surface area contributed by atoms with Crippen molar-refractivity contribution >= 4 is 17.5 Å². The quantitative estimate of drug-likeness (QED) is 0.691. The number of carbonyl (C=O) groups excluding carboxylic acids is 1. The van der Waals surface area contributed by atoms with E-state index in [1.165, 1.54) is 0 Å². The van der Waals surface area contributed by atoms with Crippen LogP contribution in [0.25, 0.3) is 0 Å². The van der Waals surface area contributed by atoms with Crippen molar-refractivity contribution in [1.29, 1.82) is 0 Å². The molecule has 0 fully saturated rings. The van der Waals surface area contributed by atoms with Crippen LogP contribution in [-0.4, -0.2) is 11.0 Å². The lowest BCUT2D eigenvalue weighted by atomic mass is 10.1. The molecule has 1 aromatic rings. The highest BCUT2D eigenvalue weighted by Gasteiger charge is 2.18. The van der Waals surface area contributed by atoms with Gasteiger partial charge in [-0.3, -0.25) is 4.79 Å².